The highest BCUT2D eigenvalue weighted by atomic mass is 32.2. The molecule has 0 bridgehead atoms. The van der Waals surface area contributed by atoms with Crippen LogP contribution in [0.5, 0.6) is 0 Å². The molecule has 0 spiro atoms. The van der Waals surface area contributed by atoms with Crippen molar-refractivity contribution in [3.8, 4) is 0 Å². The van der Waals surface area contributed by atoms with Crippen LogP contribution in [0.2, 0.25) is 0 Å². The summed E-state index contributed by atoms with van der Waals surface area (Å²) in [5.74, 6) is -0.401. The number of nitrogens with zero attached hydrogens (tertiary/aromatic N) is 1. The number of aryl methyl sites for hydroxylation is 2. The van der Waals surface area contributed by atoms with Crippen molar-refractivity contribution in [1.29, 1.82) is 0 Å². The molecule has 0 saturated carbocycles. The fourth-order valence-corrected chi connectivity index (χ4v) is 4.15. The molecule has 3 rings (SSSR count). The molecule has 1 unspecified atom stereocenters. The highest BCUT2D eigenvalue weighted by molar-refractivity contribution is 7.92. The average molecular weight is 413 g/mol. The lowest BCUT2D eigenvalue weighted by molar-refractivity contribution is 0.0947. The molecule has 0 aliphatic heterocycles. The highest BCUT2D eigenvalue weighted by Gasteiger charge is 2.28. The van der Waals surface area contributed by atoms with Crippen LogP contribution in [0.3, 0.4) is 0 Å². The smallest absolute Gasteiger partial charge is 0.282 e. The van der Waals surface area contributed by atoms with E-state index < -0.39 is 15.9 Å². The molecule has 8 heteroatoms. The van der Waals surface area contributed by atoms with E-state index in [1.165, 1.54) is 0 Å². The summed E-state index contributed by atoms with van der Waals surface area (Å²) in [6.45, 7) is 5.90. The Morgan fingerprint density at radius 2 is 1.72 bits per heavy atom. The topological polar surface area (TPSA) is 104 Å². The maximum absolute atomic E-state index is 12.8. The van der Waals surface area contributed by atoms with Crippen LogP contribution in [0.1, 0.15) is 40.0 Å². The molecule has 1 heterocycles. The Morgan fingerprint density at radius 3 is 2.38 bits per heavy atom. The summed E-state index contributed by atoms with van der Waals surface area (Å²) in [5.41, 5.74) is 2.91. The molecule has 7 nitrogen and oxygen atoms in total. The first-order valence-electron chi connectivity index (χ1n) is 9.25. The fraction of sp³-hybridized carbons (Fsp3) is 0.238. The minimum atomic E-state index is -4.02. The third-order valence-corrected chi connectivity index (χ3v) is 5.95. The number of hydrogen-bond donors (Lipinski definition) is 3. The van der Waals surface area contributed by atoms with E-state index in [1.54, 1.807) is 31.2 Å². The fourth-order valence-electron chi connectivity index (χ4n) is 2.93. The minimum absolute atomic E-state index is 0.0184. The second-order valence-electron chi connectivity index (χ2n) is 7.02. The Hall–Kier alpha value is -3.13. The van der Waals surface area contributed by atoms with Gasteiger partial charge in [-0.3, -0.25) is 14.6 Å². The zero-order valence-corrected chi connectivity index (χ0v) is 17.4. The van der Waals surface area contributed by atoms with Crippen LogP contribution in [-0.2, 0) is 10.0 Å². The van der Waals surface area contributed by atoms with Gasteiger partial charge in [-0.1, -0.05) is 55.0 Å². The normalized spacial score (nSPS) is 12.4. The van der Waals surface area contributed by atoms with E-state index in [4.69, 9.17) is 0 Å². The number of rotatable bonds is 7. The summed E-state index contributed by atoms with van der Waals surface area (Å²) in [4.78, 5) is 12.8. The number of H-pyrrole nitrogens is 1. The molecule has 1 amide bonds. The van der Waals surface area contributed by atoms with E-state index in [0.29, 0.717) is 17.9 Å². The first kappa shape index (κ1) is 20.6. The number of nitrogens with one attached hydrogen (secondary N) is 3. The second-order valence-corrected chi connectivity index (χ2v) is 8.62. The zero-order valence-electron chi connectivity index (χ0n) is 16.6. The van der Waals surface area contributed by atoms with Crippen LogP contribution in [0.25, 0.3) is 0 Å². The first-order chi connectivity index (χ1) is 13.8. The number of carbonyl (C=O) groups is 1. The summed E-state index contributed by atoms with van der Waals surface area (Å²) >= 11 is 0. The van der Waals surface area contributed by atoms with Crippen LogP contribution in [-0.4, -0.2) is 31.1 Å². The third-order valence-electron chi connectivity index (χ3n) is 4.64. The Morgan fingerprint density at radius 1 is 1.07 bits per heavy atom. The van der Waals surface area contributed by atoms with E-state index in [2.05, 4.69) is 20.2 Å². The van der Waals surface area contributed by atoms with Gasteiger partial charge in [0.25, 0.3) is 15.9 Å². The SMILES string of the molecule is Cc1ccc(NS(=O)(=O)c2n[nH]c(C)c2C(=O)NCC(C)c2ccccc2)cc1. The van der Waals surface area contributed by atoms with Crippen molar-refractivity contribution in [2.24, 2.45) is 0 Å². The number of amides is 1. The van der Waals surface area contributed by atoms with Gasteiger partial charge in [0.05, 0.1) is 0 Å². The van der Waals surface area contributed by atoms with Gasteiger partial charge in [0.1, 0.15) is 5.56 Å². The van der Waals surface area contributed by atoms with E-state index in [9.17, 15) is 13.2 Å². The van der Waals surface area contributed by atoms with Crippen molar-refractivity contribution in [2.75, 3.05) is 11.3 Å². The van der Waals surface area contributed by atoms with Crippen molar-refractivity contribution >= 4 is 21.6 Å². The van der Waals surface area contributed by atoms with Gasteiger partial charge in [0.2, 0.25) is 5.03 Å². The first-order valence-corrected chi connectivity index (χ1v) is 10.7. The second kappa shape index (κ2) is 8.48. The van der Waals surface area contributed by atoms with Gasteiger partial charge in [-0.05, 0) is 37.5 Å². The number of anilines is 1. The number of carbonyl (C=O) groups excluding carboxylic acids is 1. The summed E-state index contributed by atoms with van der Waals surface area (Å²) < 4.78 is 28.1. The molecule has 152 valence electrons. The lowest BCUT2D eigenvalue weighted by atomic mass is 10.0. The molecule has 0 saturated heterocycles. The Kier molecular flexibility index (Phi) is 6.03. The molecule has 1 aromatic heterocycles. The van der Waals surface area contributed by atoms with Crippen molar-refractivity contribution in [3.05, 3.63) is 77.0 Å². The van der Waals surface area contributed by atoms with E-state index >= 15 is 0 Å². The number of sulfonamides is 1. The molecular formula is C21H24N4O3S. The number of benzene rings is 2. The number of aromatic nitrogens is 2. The van der Waals surface area contributed by atoms with Gasteiger partial charge in [0.15, 0.2) is 0 Å². The molecule has 0 radical (unpaired) electrons. The number of aromatic amines is 1. The monoisotopic (exact) mass is 412 g/mol. The summed E-state index contributed by atoms with van der Waals surface area (Å²) in [6, 6.07) is 16.7. The van der Waals surface area contributed by atoms with Crippen LogP contribution in [0.4, 0.5) is 5.69 Å². The van der Waals surface area contributed by atoms with Crippen LogP contribution in [0, 0.1) is 13.8 Å². The van der Waals surface area contributed by atoms with Crippen molar-refractivity contribution in [2.45, 2.75) is 31.7 Å². The number of hydrogen-bond acceptors (Lipinski definition) is 4. The van der Waals surface area contributed by atoms with Crippen LogP contribution < -0.4 is 10.0 Å². The summed E-state index contributed by atoms with van der Waals surface area (Å²) in [5, 5.41) is 8.98. The molecule has 2 aromatic carbocycles. The van der Waals surface area contributed by atoms with Gasteiger partial charge >= 0.3 is 0 Å². The quantitative estimate of drug-likeness (QED) is 0.553. The minimum Gasteiger partial charge on any atom is -0.351 e. The predicted octanol–water partition coefficient (Wildman–Crippen LogP) is 3.36. The predicted molar refractivity (Wildman–Crippen MR) is 113 cm³/mol. The van der Waals surface area contributed by atoms with Gasteiger partial charge in [0, 0.05) is 17.9 Å². The molecule has 3 N–H and O–H groups in total. The van der Waals surface area contributed by atoms with Crippen LogP contribution in [0.15, 0.2) is 59.6 Å². The Bertz CT molecular complexity index is 1090. The molecule has 0 aliphatic rings. The molecule has 0 fully saturated rings. The van der Waals surface area contributed by atoms with Crippen molar-refractivity contribution in [3.63, 3.8) is 0 Å². The molecule has 29 heavy (non-hydrogen) atoms. The molecule has 3 aromatic rings. The maximum atomic E-state index is 12.8. The lowest BCUT2D eigenvalue weighted by Gasteiger charge is -2.13. The largest absolute Gasteiger partial charge is 0.351 e. The summed E-state index contributed by atoms with van der Waals surface area (Å²) in [6.07, 6.45) is 0. The third kappa shape index (κ3) is 4.83. The van der Waals surface area contributed by atoms with Gasteiger partial charge < -0.3 is 5.32 Å². The standard InChI is InChI=1S/C21H24N4O3S/c1-14-9-11-18(12-10-14)25-29(27,28)21-19(16(3)23-24-21)20(26)22-13-15(2)17-7-5-4-6-8-17/h4-12,15,25H,13H2,1-3H3,(H,22,26)(H,23,24). The highest BCUT2D eigenvalue weighted by Crippen LogP contribution is 2.21. The molecular weight excluding hydrogens is 388 g/mol. The lowest BCUT2D eigenvalue weighted by Crippen LogP contribution is -2.29. The van der Waals surface area contributed by atoms with E-state index in [-0.39, 0.29) is 16.5 Å². The molecule has 1 atom stereocenters. The average Bonchev–Trinajstić information content (AvgIpc) is 3.10. The van der Waals surface area contributed by atoms with Crippen LogP contribution >= 0.6 is 0 Å². The molecule has 0 aliphatic carbocycles. The van der Waals surface area contributed by atoms with E-state index in [1.807, 2.05) is 44.2 Å². The summed E-state index contributed by atoms with van der Waals surface area (Å²) in [7, 11) is -4.02. The van der Waals surface area contributed by atoms with Gasteiger partial charge in [-0.25, -0.2) is 0 Å². The Labute approximate surface area is 170 Å². The Balaban J connectivity index is 1.77. The zero-order chi connectivity index (χ0) is 21.0. The van der Waals surface area contributed by atoms with Crippen molar-refractivity contribution < 1.29 is 13.2 Å². The maximum Gasteiger partial charge on any atom is 0.282 e. The van der Waals surface area contributed by atoms with Crippen molar-refractivity contribution in [1.82, 2.24) is 15.5 Å². The van der Waals surface area contributed by atoms with E-state index in [0.717, 1.165) is 11.1 Å². The van der Waals surface area contributed by atoms with Gasteiger partial charge in [-0.2, -0.15) is 13.5 Å². The van der Waals surface area contributed by atoms with Gasteiger partial charge in [-0.15, -0.1) is 0 Å².